The van der Waals surface area contributed by atoms with E-state index >= 15 is 0 Å². The number of anilines is 2. The minimum Gasteiger partial charge on any atom is -0.326 e. The third-order valence-corrected chi connectivity index (χ3v) is 6.05. The molecule has 5 nitrogen and oxygen atoms in total. The molecule has 0 spiro atoms. The van der Waals surface area contributed by atoms with Gasteiger partial charge in [0.15, 0.2) is 0 Å². The zero-order valence-corrected chi connectivity index (χ0v) is 19.0. The van der Waals surface area contributed by atoms with Gasteiger partial charge in [0, 0.05) is 30.0 Å². The van der Waals surface area contributed by atoms with Crippen LogP contribution in [0.3, 0.4) is 0 Å². The van der Waals surface area contributed by atoms with Crippen LogP contribution in [0.2, 0.25) is 0 Å². The summed E-state index contributed by atoms with van der Waals surface area (Å²) in [6.45, 7) is 2.98. The van der Waals surface area contributed by atoms with Crippen LogP contribution >= 0.6 is 0 Å². The second-order valence-corrected chi connectivity index (χ2v) is 8.35. The number of hydrogen-bond donors (Lipinski definition) is 1. The summed E-state index contributed by atoms with van der Waals surface area (Å²) in [7, 11) is 0. The molecule has 4 rings (SSSR count). The molecular weight excluding hydrogens is 436 g/mol. The Hall–Kier alpha value is -3.74. The van der Waals surface area contributed by atoms with Crippen LogP contribution in [0.15, 0.2) is 72.8 Å². The minimum atomic E-state index is -0.535. The fraction of sp³-hybridized carbons (Fsp3) is 0.259. The van der Waals surface area contributed by atoms with Crippen LogP contribution in [0, 0.1) is 11.6 Å². The molecule has 1 saturated heterocycles. The zero-order chi connectivity index (χ0) is 24.1. The number of hydrogen-bond acceptors (Lipinski definition) is 2. The number of benzene rings is 3. The fourth-order valence-corrected chi connectivity index (χ4v) is 4.25. The van der Waals surface area contributed by atoms with E-state index in [2.05, 4.69) is 5.32 Å². The highest BCUT2D eigenvalue weighted by Crippen LogP contribution is 2.26. The zero-order valence-electron chi connectivity index (χ0n) is 19.0. The molecule has 3 aromatic carbocycles. The first-order chi connectivity index (χ1) is 16.5. The quantitative estimate of drug-likeness (QED) is 0.472. The monoisotopic (exact) mass is 463 g/mol. The van der Waals surface area contributed by atoms with Gasteiger partial charge in [-0.25, -0.2) is 13.6 Å². The van der Waals surface area contributed by atoms with Crippen molar-refractivity contribution in [1.29, 1.82) is 0 Å². The SMILES string of the molecule is CC[C@@H](C(=O)Nc1ccc(N2CCCN(Cc3cc(F)ccc3F)C2=O)cc1)c1ccccc1. The van der Waals surface area contributed by atoms with Crippen molar-refractivity contribution >= 4 is 23.3 Å². The first kappa shape index (κ1) is 23.4. The Morgan fingerprint density at radius 3 is 2.44 bits per heavy atom. The maximum absolute atomic E-state index is 14.1. The highest BCUT2D eigenvalue weighted by atomic mass is 19.1. The van der Waals surface area contributed by atoms with Crippen LogP contribution < -0.4 is 10.2 Å². The molecule has 0 aromatic heterocycles. The lowest BCUT2D eigenvalue weighted by Gasteiger charge is -2.35. The topological polar surface area (TPSA) is 52.7 Å². The van der Waals surface area contributed by atoms with E-state index in [1.54, 1.807) is 29.2 Å². The number of nitrogens with zero attached hydrogens (tertiary/aromatic N) is 2. The molecule has 1 heterocycles. The van der Waals surface area contributed by atoms with E-state index in [0.29, 0.717) is 37.3 Å². The standard InChI is InChI=1S/C27H27F2N3O2/c1-2-24(19-7-4-3-5-8-19)26(33)30-22-10-12-23(13-11-22)32-16-6-15-31(27(32)34)18-20-17-21(28)9-14-25(20)29/h3-5,7-14,17,24H,2,6,15-16,18H2,1H3,(H,30,33)/t24-/m1/s1. The van der Waals surface area contributed by atoms with E-state index < -0.39 is 11.6 Å². The van der Waals surface area contributed by atoms with Gasteiger partial charge in [-0.3, -0.25) is 9.69 Å². The predicted molar refractivity (Wildman–Crippen MR) is 129 cm³/mol. The molecule has 1 atom stereocenters. The molecule has 0 radical (unpaired) electrons. The molecule has 1 aliphatic rings. The van der Waals surface area contributed by atoms with E-state index in [1.165, 1.54) is 4.90 Å². The highest BCUT2D eigenvalue weighted by Gasteiger charge is 2.27. The van der Waals surface area contributed by atoms with Gasteiger partial charge in [0.05, 0.1) is 12.5 Å². The van der Waals surface area contributed by atoms with Crippen molar-refractivity contribution in [3.63, 3.8) is 0 Å². The smallest absolute Gasteiger partial charge is 0.324 e. The van der Waals surface area contributed by atoms with Crippen molar-refractivity contribution < 1.29 is 18.4 Å². The molecule has 0 aliphatic carbocycles. The first-order valence-corrected chi connectivity index (χ1v) is 11.4. The predicted octanol–water partition coefficient (Wildman–Crippen LogP) is 5.93. The highest BCUT2D eigenvalue weighted by molar-refractivity contribution is 5.97. The van der Waals surface area contributed by atoms with Crippen molar-refractivity contribution in [2.24, 2.45) is 0 Å². The van der Waals surface area contributed by atoms with Crippen molar-refractivity contribution in [3.8, 4) is 0 Å². The Morgan fingerprint density at radius 1 is 1.00 bits per heavy atom. The third-order valence-electron chi connectivity index (χ3n) is 6.05. The average molecular weight is 464 g/mol. The van der Waals surface area contributed by atoms with E-state index in [0.717, 1.165) is 23.8 Å². The van der Waals surface area contributed by atoms with Crippen LogP contribution in [0.25, 0.3) is 0 Å². The fourth-order valence-electron chi connectivity index (χ4n) is 4.25. The number of halogens is 2. The lowest BCUT2D eigenvalue weighted by Crippen LogP contribution is -2.49. The lowest BCUT2D eigenvalue weighted by atomic mass is 9.95. The molecular formula is C27H27F2N3O2. The van der Waals surface area contributed by atoms with Crippen molar-refractivity contribution in [2.45, 2.75) is 32.2 Å². The number of carbonyl (C=O) groups is 2. The van der Waals surface area contributed by atoms with Crippen LogP contribution in [-0.4, -0.2) is 29.9 Å². The number of urea groups is 1. The van der Waals surface area contributed by atoms with Crippen molar-refractivity contribution in [1.82, 2.24) is 4.90 Å². The van der Waals surface area contributed by atoms with Crippen molar-refractivity contribution in [2.75, 3.05) is 23.3 Å². The van der Waals surface area contributed by atoms with Crippen LogP contribution in [0.5, 0.6) is 0 Å². The Morgan fingerprint density at radius 2 is 1.74 bits per heavy atom. The van der Waals surface area contributed by atoms with Gasteiger partial charge in [-0.1, -0.05) is 37.3 Å². The summed E-state index contributed by atoms with van der Waals surface area (Å²) in [6, 6.07) is 19.7. The molecule has 3 amide bonds. The Kier molecular flexibility index (Phi) is 7.21. The Balaban J connectivity index is 1.43. The summed E-state index contributed by atoms with van der Waals surface area (Å²) in [5, 5.41) is 2.96. The van der Waals surface area contributed by atoms with E-state index in [1.807, 2.05) is 37.3 Å². The minimum absolute atomic E-state index is 0.00492. The molecule has 176 valence electrons. The van der Waals surface area contributed by atoms with E-state index in [-0.39, 0.29) is 30.0 Å². The number of carbonyl (C=O) groups excluding carboxylic acids is 2. The molecule has 1 fully saturated rings. The van der Waals surface area contributed by atoms with Crippen LogP contribution in [0.1, 0.15) is 36.8 Å². The molecule has 7 heteroatoms. The van der Waals surface area contributed by atoms with E-state index in [4.69, 9.17) is 0 Å². The van der Waals surface area contributed by atoms with Gasteiger partial charge in [-0.15, -0.1) is 0 Å². The number of nitrogens with one attached hydrogen (secondary N) is 1. The summed E-state index contributed by atoms with van der Waals surface area (Å²) < 4.78 is 27.6. The number of amides is 3. The summed E-state index contributed by atoms with van der Waals surface area (Å²) in [5.74, 6) is -1.40. The molecule has 34 heavy (non-hydrogen) atoms. The second kappa shape index (κ2) is 10.5. The summed E-state index contributed by atoms with van der Waals surface area (Å²) in [5.41, 5.74) is 2.44. The normalized spacial score (nSPS) is 14.7. The van der Waals surface area contributed by atoms with Gasteiger partial charge in [0.25, 0.3) is 0 Å². The second-order valence-electron chi connectivity index (χ2n) is 8.35. The van der Waals surface area contributed by atoms with Crippen LogP contribution in [0.4, 0.5) is 25.0 Å². The first-order valence-electron chi connectivity index (χ1n) is 11.4. The summed E-state index contributed by atoms with van der Waals surface area (Å²) in [4.78, 5) is 29.0. The Labute approximate surface area is 198 Å². The molecule has 3 aromatic rings. The van der Waals surface area contributed by atoms with Gasteiger partial charge < -0.3 is 10.2 Å². The molecule has 0 unspecified atom stereocenters. The van der Waals surface area contributed by atoms with Gasteiger partial charge in [-0.2, -0.15) is 0 Å². The maximum atomic E-state index is 14.1. The van der Waals surface area contributed by atoms with Gasteiger partial charge in [0.1, 0.15) is 11.6 Å². The largest absolute Gasteiger partial charge is 0.326 e. The molecule has 0 bridgehead atoms. The summed E-state index contributed by atoms with van der Waals surface area (Å²) in [6.07, 6.45) is 1.38. The van der Waals surface area contributed by atoms with Gasteiger partial charge in [0.2, 0.25) is 5.91 Å². The molecule has 0 saturated carbocycles. The summed E-state index contributed by atoms with van der Waals surface area (Å²) >= 11 is 0. The maximum Gasteiger partial charge on any atom is 0.324 e. The van der Waals surface area contributed by atoms with E-state index in [9.17, 15) is 18.4 Å². The van der Waals surface area contributed by atoms with Crippen LogP contribution in [-0.2, 0) is 11.3 Å². The lowest BCUT2D eigenvalue weighted by molar-refractivity contribution is -0.117. The van der Waals surface area contributed by atoms with Gasteiger partial charge in [-0.05, 0) is 60.9 Å². The number of rotatable bonds is 7. The average Bonchev–Trinajstić information content (AvgIpc) is 2.84. The Bertz CT molecular complexity index is 1150. The van der Waals surface area contributed by atoms with Crippen molar-refractivity contribution in [3.05, 3.63) is 95.6 Å². The molecule has 1 N–H and O–H groups in total. The third kappa shape index (κ3) is 5.25. The molecule has 1 aliphatic heterocycles. The van der Waals surface area contributed by atoms with Gasteiger partial charge >= 0.3 is 6.03 Å².